The summed E-state index contributed by atoms with van der Waals surface area (Å²) in [7, 11) is 2.09. The molecule has 13 heavy (non-hydrogen) atoms. The molecule has 0 heterocycles. The fraction of sp³-hybridized carbons (Fsp3) is 1.00. The first-order valence-electron chi connectivity index (χ1n) is 5.53. The van der Waals surface area contributed by atoms with Crippen LogP contribution in [0, 0.1) is 5.92 Å². The molecule has 0 aliphatic heterocycles. The van der Waals surface area contributed by atoms with Crippen LogP contribution in [0.4, 0.5) is 0 Å². The van der Waals surface area contributed by atoms with E-state index in [1.165, 1.54) is 30.8 Å². The van der Waals surface area contributed by atoms with Gasteiger partial charge in [-0.05, 0) is 25.1 Å². The average molecular weight is 203 g/mol. The summed E-state index contributed by atoms with van der Waals surface area (Å²) in [4.78, 5) is 0. The maximum absolute atomic E-state index is 3.42. The van der Waals surface area contributed by atoms with Gasteiger partial charge in [-0.25, -0.2) is 0 Å². The first kappa shape index (κ1) is 13.3. The van der Waals surface area contributed by atoms with Gasteiger partial charge in [0.2, 0.25) is 0 Å². The fourth-order valence-corrected chi connectivity index (χ4v) is 2.38. The molecule has 1 atom stereocenters. The maximum Gasteiger partial charge on any atom is 0.0157 e. The Balaban J connectivity index is 3.67. The van der Waals surface area contributed by atoms with Crippen LogP contribution in [0.2, 0.25) is 0 Å². The van der Waals surface area contributed by atoms with Crippen molar-refractivity contribution in [1.29, 1.82) is 0 Å². The molecule has 0 bridgehead atoms. The summed E-state index contributed by atoms with van der Waals surface area (Å²) in [5.41, 5.74) is 0. The van der Waals surface area contributed by atoms with E-state index in [1.54, 1.807) is 0 Å². The largest absolute Gasteiger partial charge is 0.316 e. The lowest BCUT2D eigenvalue weighted by Crippen LogP contribution is -2.30. The van der Waals surface area contributed by atoms with Crippen LogP contribution in [-0.4, -0.2) is 24.6 Å². The van der Waals surface area contributed by atoms with Crippen LogP contribution in [-0.2, 0) is 0 Å². The first-order chi connectivity index (χ1) is 6.28. The van der Waals surface area contributed by atoms with E-state index in [9.17, 15) is 0 Å². The van der Waals surface area contributed by atoms with E-state index in [4.69, 9.17) is 0 Å². The Morgan fingerprint density at radius 1 is 1.15 bits per heavy atom. The highest BCUT2D eigenvalue weighted by molar-refractivity contribution is 7.99. The van der Waals surface area contributed by atoms with Gasteiger partial charge >= 0.3 is 0 Å². The third kappa shape index (κ3) is 6.39. The molecule has 0 radical (unpaired) electrons. The molecular weight excluding hydrogens is 178 g/mol. The Morgan fingerprint density at radius 2 is 1.77 bits per heavy atom. The van der Waals surface area contributed by atoms with Gasteiger partial charge in [-0.2, -0.15) is 11.8 Å². The molecule has 0 saturated heterocycles. The van der Waals surface area contributed by atoms with Crippen molar-refractivity contribution < 1.29 is 0 Å². The van der Waals surface area contributed by atoms with Crippen molar-refractivity contribution in [1.82, 2.24) is 5.32 Å². The Bertz CT molecular complexity index is 102. The highest BCUT2D eigenvalue weighted by Gasteiger charge is 2.11. The van der Waals surface area contributed by atoms with Gasteiger partial charge < -0.3 is 5.32 Å². The lowest BCUT2D eigenvalue weighted by Gasteiger charge is -2.20. The summed E-state index contributed by atoms with van der Waals surface area (Å²) in [5, 5.41) is 3.42. The molecule has 0 spiro atoms. The monoisotopic (exact) mass is 203 g/mol. The smallest absolute Gasteiger partial charge is 0.0157 e. The molecule has 0 amide bonds. The molecule has 2 heteroatoms. The Labute approximate surface area is 88.1 Å². The molecule has 80 valence electrons. The summed E-state index contributed by atoms with van der Waals surface area (Å²) in [5.74, 6) is 3.42. The standard InChI is InChI=1S/C11H25NS/c1-5-10(6-2)8-11(12-4)9-13-7-3/h10-12H,5-9H2,1-4H3. The number of rotatable bonds is 8. The van der Waals surface area contributed by atoms with Gasteiger partial charge in [0.15, 0.2) is 0 Å². The molecule has 0 aliphatic carbocycles. The summed E-state index contributed by atoms with van der Waals surface area (Å²) in [6.07, 6.45) is 3.99. The third-order valence-corrected chi connectivity index (χ3v) is 3.75. The van der Waals surface area contributed by atoms with Gasteiger partial charge in [0.05, 0.1) is 0 Å². The summed E-state index contributed by atoms with van der Waals surface area (Å²) in [6.45, 7) is 6.83. The molecule has 0 aliphatic rings. The Kier molecular flexibility index (Phi) is 9.10. The number of thioether (sulfide) groups is 1. The van der Waals surface area contributed by atoms with Crippen LogP contribution in [0.5, 0.6) is 0 Å². The topological polar surface area (TPSA) is 12.0 Å². The molecule has 1 unspecified atom stereocenters. The van der Waals surface area contributed by atoms with Crippen molar-refractivity contribution >= 4 is 11.8 Å². The Morgan fingerprint density at radius 3 is 2.15 bits per heavy atom. The quantitative estimate of drug-likeness (QED) is 0.650. The van der Waals surface area contributed by atoms with E-state index in [2.05, 4.69) is 33.1 Å². The van der Waals surface area contributed by atoms with Gasteiger partial charge in [0.1, 0.15) is 0 Å². The second-order valence-corrected chi connectivity index (χ2v) is 4.88. The van der Waals surface area contributed by atoms with Gasteiger partial charge in [0, 0.05) is 11.8 Å². The fourth-order valence-electron chi connectivity index (χ4n) is 1.55. The summed E-state index contributed by atoms with van der Waals surface area (Å²) in [6, 6.07) is 0.717. The molecular formula is C11H25NS. The number of nitrogens with one attached hydrogen (secondary N) is 1. The molecule has 0 fully saturated rings. The molecule has 0 aromatic rings. The molecule has 1 N–H and O–H groups in total. The second kappa shape index (κ2) is 8.89. The van der Waals surface area contributed by atoms with E-state index >= 15 is 0 Å². The summed E-state index contributed by atoms with van der Waals surface area (Å²) >= 11 is 2.04. The minimum Gasteiger partial charge on any atom is -0.316 e. The number of hydrogen-bond donors (Lipinski definition) is 1. The number of hydrogen-bond acceptors (Lipinski definition) is 2. The van der Waals surface area contributed by atoms with Crippen LogP contribution in [0.1, 0.15) is 40.0 Å². The maximum atomic E-state index is 3.42. The lowest BCUT2D eigenvalue weighted by molar-refractivity contribution is 0.397. The van der Waals surface area contributed by atoms with Gasteiger partial charge in [-0.3, -0.25) is 0 Å². The Hall–Kier alpha value is 0.310. The first-order valence-corrected chi connectivity index (χ1v) is 6.68. The van der Waals surface area contributed by atoms with E-state index in [1.807, 2.05) is 11.8 Å². The molecule has 1 nitrogen and oxygen atoms in total. The van der Waals surface area contributed by atoms with Crippen LogP contribution < -0.4 is 5.32 Å². The third-order valence-electron chi connectivity index (χ3n) is 2.70. The predicted molar refractivity (Wildman–Crippen MR) is 64.5 cm³/mol. The highest BCUT2D eigenvalue weighted by atomic mass is 32.2. The van der Waals surface area contributed by atoms with Gasteiger partial charge in [-0.1, -0.05) is 33.6 Å². The predicted octanol–water partition coefficient (Wildman–Crippen LogP) is 3.15. The van der Waals surface area contributed by atoms with E-state index in [-0.39, 0.29) is 0 Å². The lowest BCUT2D eigenvalue weighted by atomic mass is 9.95. The molecule has 0 rings (SSSR count). The van der Waals surface area contributed by atoms with Gasteiger partial charge in [-0.15, -0.1) is 0 Å². The highest BCUT2D eigenvalue weighted by Crippen LogP contribution is 2.17. The SMILES string of the molecule is CCSCC(CC(CC)CC)NC. The zero-order valence-corrected chi connectivity index (χ0v) is 10.4. The van der Waals surface area contributed by atoms with Crippen molar-refractivity contribution in [2.45, 2.75) is 46.1 Å². The average Bonchev–Trinajstić information content (AvgIpc) is 2.19. The van der Waals surface area contributed by atoms with Crippen molar-refractivity contribution in [3.05, 3.63) is 0 Å². The molecule has 0 aromatic heterocycles. The van der Waals surface area contributed by atoms with E-state index in [0.29, 0.717) is 0 Å². The molecule has 0 saturated carbocycles. The minimum absolute atomic E-state index is 0.717. The molecule has 0 aromatic carbocycles. The van der Waals surface area contributed by atoms with Crippen molar-refractivity contribution in [3.63, 3.8) is 0 Å². The zero-order chi connectivity index (χ0) is 10.1. The van der Waals surface area contributed by atoms with Crippen LogP contribution in [0.3, 0.4) is 0 Å². The van der Waals surface area contributed by atoms with Crippen molar-refractivity contribution in [3.8, 4) is 0 Å². The van der Waals surface area contributed by atoms with Crippen LogP contribution >= 0.6 is 11.8 Å². The van der Waals surface area contributed by atoms with Crippen molar-refractivity contribution in [2.75, 3.05) is 18.6 Å². The van der Waals surface area contributed by atoms with Gasteiger partial charge in [0.25, 0.3) is 0 Å². The minimum atomic E-state index is 0.717. The van der Waals surface area contributed by atoms with Crippen molar-refractivity contribution in [2.24, 2.45) is 5.92 Å². The van der Waals surface area contributed by atoms with Crippen LogP contribution in [0.15, 0.2) is 0 Å². The van der Waals surface area contributed by atoms with Crippen LogP contribution in [0.25, 0.3) is 0 Å². The normalized spacial score (nSPS) is 13.6. The van der Waals surface area contributed by atoms with E-state index < -0.39 is 0 Å². The zero-order valence-electron chi connectivity index (χ0n) is 9.60. The second-order valence-electron chi connectivity index (χ2n) is 3.56. The summed E-state index contributed by atoms with van der Waals surface area (Å²) < 4.78 is 0. The van der Waals surface area contributed by atoms with E-state index in [0.717, 1.165) is 12.0 Å².